The molecule has 1 aromatic heterocycles. The molecule has 2 aromatic rings. The number of nitrogens with one attached hydrogen (secondary N) is 2. The summed E-state index contributed by atoms with van der Waals surface area (Å²) < 4.78 is 1.67. The Morgan fingerprint density at radius 1 is 1.35 bits per heavy atom. The first kappa shape index (κ1) is 18.4. The molecule has 0 fully saturated rings. The van der Waals surface area contributed by atoms with Gasteiger partial charge in [-0.15, -0.1) is 5.10 Å². The molecule has 3 rings (SSSR count). The molecule has 26 heavy (non-hydrogen) atoms. The molecule has 1 aliphatic rings. The number of carbonyl (C=O) groups excluding carboxylic acids is 2. The van der Waals surface area contributed by atoms with Crippen molar-refractivity contribution >= 4 is 35.2 Å². The summed E-state index contributed by atoms with van der Waals surface area (Å²) in [6, 6.07) is 7.73. The van der Waals surface area contributed by atoms with E-state index >= 15 is 0 Å². The van der Waals surface area contributed by atoms with E-state index in [1.807, 2.05) is 24.3 Å². The molecule has 8 heteroatoms. The van der Waals surface area contributed by atoms with Gasteiger partial charge in [-0.3, -0.25) is 14.9 Å². The third-order valence-corrected chi connectivity index (χ3v) is 5.21. The molecule has 0 radical (unpaired) electrons. The molecule has 0 saturated heterocycles. The van der Waals surface area contributed by atoms with E-state index in [-0.39, 0.29) is 18.2 Å². The fourth-order valence-electron chi connectivity index (χ4n) is 2.72. The van der Waals surface area contributed by atoms with Crippen LogP contribution in [0, 0.1) is 5.92 Å². The van der Waals surface area contributed by atoms with Crippen LogP contribution in [0.1, 0.15) is 32.3 Å². The summed E-state index contributed by atoms with van der Waals surface area (Å²) in [6.45, 7) is 4.54. The molecule has 1 atom stereocenters. The molecular weight excluding hydrogens is 350 g/mol. The summed E-state index contributed by atoms with van der Waals surface area (Å²) in [7, 11) is 0. The first-order valence-electron chi connectivity index (χ1n) is 8.86. The van der Waals surface area contributed by atoms with Gasteiger partial charge in [-0.2, -0.15) is 4.98 Å². The van der Waals surface area contributed by atoms with Crippen LogP contribution in [0.25, 0.3) is 0 Å². The number of thioether (sulfide) groups is 1. The van der Waals surface area contributed by atoms with Crippen molar-refractivity contribution in [3.05, 3.63) is 29.8 Å². The minimum absolute atomic E-state index is 0.109. The Balaban J connectivity index is 1.59. The van der Waals surface area contributed by atoms with E-state index < -0.39 is 5.92 Å². The van der Waals surface area contributed by atoms with E-state index in [1.54, 1.807) is 16.4 Å². The van der Waals surface area contributed by atoms with Crippen LogP contribution in [-0.4, -0.2) is 32.3 Å². The van der Waals surface area contributed by atoms with Crippen molar-refractivity contribution in [2.75, 3.05) is 16.4 Å². The number of aryl methyl sites for hydroxylation is 1. The van der Waals surface area contributed by atoms with Gasteiger partial charge in [-0.05, 0) is 30.5 Å². The number of nitrogens with zero attached hydrogens (tertiary/aromatic N) is 3. The van der Waals surface area contributed by atoms with E-state index in [0.717, 1.165) is 24.3 Å². The van der Waals surface area contributed by atoms with Crippen LogP contribution in [0.4, 0.5) is 11.6 Å². The number of hydrogen-bond acceptors (Lipinski definition) is 5. The van der Waals surface area contributed by atoms with Crippen LogP contribution in [0.2, 0.25) is 0 Å². The van der Waals surface area contributed by atoms with Crippen molar-refractivity contribution in [3.63, 3.8) is 0 Å². The zero-order valence-electron chi connectivity index (χ0n) is 15.0. The molecule has 0 aliphatic carbocycles. The second-order valence-electron chi connectivity index (χ2n) is 6.24. The van der Waals surface area contributed by atoms with E-state index in [1.165, 1.54) is 5.56 Å². The fraction of sp³-hybridized carbons (Fsp3) is 0.444. The van der Waals surface area contributed by atoms with Gasteiger partial charge in [0.05, 0.1) is 12.5 Å². The average Bonchev–Trinajstić information content (AvgIpc) is 3.02. The maximum absolute atomic E-state index is 12.3. The first-order valence-corrected chi connectivity index (χ1v) is 9.85. The highest BCUT2D eigenvalue weighted by molar-refractivity contribution is 7.99. The molecule has 2 N–H and O–H groups in total. The van der Waals surface area contributed by atoms with Gasteiger partial charge < -0.3 is 5.32 Å². The molecule has 0 bridgehead atoms. The van der Waals surface area contributed by atoms with Crippen LogP contribution in [-0.2, 0) is 22.6 Å². The monoisotopic (exact) mass is 373 g/mol. The second kappa shape index (κ2) is 8.35. The molecule has 1 unspecified atom stereocenters. The Labute approximate surface area is 157 Å². The summed E-state index contributed by atoms with van der Waals surface area (Å²) in [5, 5.41) is 10.7. The lowest BCUT2D eigenvalue weighted by atomic mass is 10.0. The highest BCUT2D eigenvalue weighted by Crippen LogP contribution is 2.23. The van der Waals surface area contributed by atoms with Gasteiger partial charge in [0.25, 0.3) is 0 Å². The quantitative estimate of drug-likeness (QED) is 0.729. The van der Waals surface area contributed by atoms with Crippen molar-refractivity contribution in [2.24, 2.45) is 5.92 Å². The molecule has 138 valence electrons. The predicted octanol–water partition coefficient (Wildman–Crippen LogP) is 2.94. The molecule has 2 amide bonds. The number of aromatic nitrogens is 3. The number of hydrogen-bond donors (Lipinski definition) is 2. The molecule has 2 heterocycles. The van der Waals surface area contributed by atoms with Crippen molar-refractivity contribution in [3.8, 4) is 0 Å². The van der Waals surface area contributed by atoms with Crippen LogP contribution in [0.3, 0.4) is 0 Å². The van der Waals surface area contributed by atoms with Crippen LogP contribution < -0.4 is 10.6 Å². The molecular formula is C18H23N5O2S. The number of rotatable bonds is 7. The van der Waals surface area contributed by atoms with Crippen molar-refractivity contribution in [1.82, 2.24) is 14.8 Å². The number of amides is 2. The molecule has 7 nitrogen and oxygen atoms in total. The highest BCUT2D eigenvalue weighted by atomic mass is 32.2. The number of anilines is 2. The summed E-state index contributed by atoms with van der Waals surface area (Å²) in [5.41, 5.74) is 1.95. The Bertz CT molecular complexity index is 787. The highest BCUT2D eigenvalue weighted by Gasteiger charge is 2.30. The van der Waals surface area contributed by atoms with Crippen molar-refractivity contribution in [2.45, 2.75) is 44.8 Å². The van der Waals surface area contributed by atoms with Gasteiger partial charge in [0.15, 0.2) is 0 Å². The standard InChI is InChI=1S/C18H23N5O2S/c1-3-9-26-18-21-17-20-16(25)13(11-23(17)22-18)10-15(24)19-14-7-5-12(4-2)6-8-14/h5-8,13H,3-4,9-11H2,1-2H3,(H,19,24)(H,20,21,22,25). The van der Waals surface area contributed by atoms with Crippen molar-refractivity contribution in [1.29, 1.82) is 0 Å². The van der Waals surface area contributed by atoms with E-state index in [0.29, 0.717) is 17.6 Å². The maximum atomic E-state index is 12.3. The van der Waals surface area contributed by atoms with Crippen molar-refractivity contribution < 1.29 is 9.59 Å². The Hall–Kier alpha value is -2.35. The largest absolute Gasteiger partial charge is 0.326 e. The summed E-state index contributed by atoms with van der Waals surface area (Å²) in [5.74, 6) is 0.565. The zero-order valence-corrected chi connectivity index (χ0v) is 15.8. The summed E-state index contributed by atoms with van der Waals surface area (Å²) in [6.07, 6.45) is 2.09. The minimum atomic E-state index is -0.455. The number of carbonyl (C=O) groups is 2. The average molecular weight is 373 g/mol. The lowest BCUT2D eigenvalue weighted by molar-refractivity contribution is -0.126. The lowest BCUT2D eigenvalue weighted by Crippen LogP contribution is -2.36. The van der Waals surface area contributed by atoms with Gasteiger partial charge in [0.1, 0.15) is 0 Å². The zero-order chi connectivity index (χ0) is 18.5. The smallest absolute Gasteiger partial charge is 0.232 e. The van der Waals surface area contributed by atoms with Crippen LogP contribution in [0.5, 0.6) is 0 Å². The van der Waals surface area contributed by atoms with Crippen LogP contribution >= 0.6 is 11.8 Å². The van der Waals surface area contributed by atoms with Gasteiger partial charge in [-0.1, -0.05) is 37.7 Å². The fourth-order valence-corrected chi connectivity index (χ4v) is 3.41. The van der Waals surface area contributed by atoms with Crippen LogP contribution in [0.15, 0.2) is 29.4 Å². The molecule has 0 spiro atoms. The SMILES string of the molecule is CCCSc1nc2n(n1)CC(CC(=O)Nc1ccc(CC)cc1)C(=O)N2. The maximum Gasteiger partial charge on any atom is 0.232 e. The summed E-state index contributed by atoms with van der Waals surface area (Å²) in [4.78, 5) is 28.9. The molecule has 1 aromatic carbocycles. The molecule has 0 saturated carbocycles. The Kier molecular flexibility index (Phi) is 5.92. The third kappa shape index (κ3) is 4.43. The van der Waals surface area contributed by atoms with E-state index in [9.17, 15) is 9.59 Å². The summed E-state index contributed by atoms with van der Waals surface area (Å²) >= 11 is 1.56. The van der Waals surface area contributed by atoms with E-state index in [2.05, 4.69) is 34.6 Å². The number of benzene rings is 1. The molecule has 1 aliphatic heterocycles. The van der Waals surface area contributed by atoms with Gasteiger partial charge in [0, 0.05) is 17.9 Å². The lowest BCUT2D eigenvalue weighted by Gasteiger charge is -2.21. The third-order valence-electron chi connectivity index (χ3n) is 4.16. The Morgan fingerprint density at radius 3 is 2.81 bits per heavy atom. The van der Waals surface area contributed by atoms with Gasteiger partial charge >= 0.3 is 0 Å². The topological polar surface area (TPSA) is 88.9 Å². The Morgan fingerprint density at radius 2 is 2.12 bits per heavy atom. The van der Waals surface area contributed by atoms with E-state index in [4.69, 9.17) is 0 Å². The minimum Gasteiger partial charge on any atom is -0.326 e. The number of fused-ring (bicyclic) bond motifs is 1. The predicted molar refractivity (Wildman–Crippen MR) is 102 cm³/mol. The van der Waals surface area contributed by atoms with Gasteiger partial charge in [0.2, 0.25) is 22.9 Å². The first-order chi connectivity index (χ1) is 12.6. The second-order valence-corrected chi connectivity index (χ2v) is 7.30. The normalized spacial score (nSPS) is 16.1. The van der Waals surface area contributed by atoms with Gasteiger partial charge in [-0.25, -0.2) is 4.68 Å².